The van der Waals surface area contributed by atoms with Crippen LogP contribution in [0.25, 0.3) is 10.8 Å². The van der Waals surface area contributed by atoms with Crippen LogP contribution in [0.15, 0.2) is 42.5 Å². The molecule has 0 saturated heterocycles. The van der Waals surface area contributed by atoms with Crippen molar-refractivity contribution in [3.8, 4) is 28.7 Å². The summed E-state index contributed by atoms with van der Waals surface area (Å²) in [6, 6.07) is 12.5. The van der Waals surface area contributed by atoms with E-state index in [0.29, 0.717) is 23.0 Å². The highest BCUT2D eigenvalue weighted by atomic mass is 16.5. The van der Waals surface area contributed by atoms with Gasteiger partial charge in [-0.15, -0.1) is 0 Å². The molecule has 1 aliphatic heterocycles. The van der Waals surface area contributed by atoms with Gasteiger partial charge in [0.15, 0.2) is 11.5 Å². The summed E-state index contributed by atoms with van der Waals surface area (Å²) in [4.78, 5) is 0. The largest absolute Gasteiger partial charge is 0.508 e. The zero-order chi connectivity index (χ0) is 19.9. The van der Waals surface area contributed by atoms with Crippen molar-refractivity contribution in [3.63, 3.8) is 0 Å². The summed E-state index contributed by atoms with van der Waals surface area (Å²) in [6.07, 6.45) is 0. The first kappa shape index (κ1) is 18.3. The van der Waals surface area contributed by atoms with E-state index in [4.69, 9.17) is 18.9 Å². The number of phenolic OH excluding ortho intramolecular Hbond substituents is 1. The maximum atomic E-state index is 10.5. The van der Waals surface area contributed by atoms with Gasteiger partial charge in [-0.3, -0.25) is 0 Å². The maximum Gasteiger partial charge on any atom is 0.204 e. The van der Waals surface area contributed by atoms with Gasteiger partial charge in [-0.2, -0.15) is 0 Å². The lowest BCUT2D eigenvalue weighted by Crippen LogP contribution is -2.34. The van der Waals surface area contributed by atoms with Crippen molar-refractivity contribution in [1.82, 2.24) is 0 Å². The van der Waals surface area contributed by atoms with Gasteiger partial charge in [0.2, 0.25) is 5.75 Å². The number of hydrogen-bond donors (Lipinski definition) is 2. The number of aromatic hydroxyl groups is 1. The van der Waals surface area contributed by atoms with Crippen LogP contribution in [-0.4, -0.2) is 44.8 Å². The average molecular weight is 382 g/mol. The Bertz CT molecular complexity index is 1030. The smallest absolute Gasteiger partial charge is 0.204 e. The number of aliphatic hydroxyl groups is 1. The Balaban J connectivity index is 2.14. The molecule has 4 rings (SSSR count). The SMILES string of the molecule is COc1c2c(c3cccc(OC)c3c1OC)[C@@](CO)(c1ccc(O)cc1)CO2. The molecule has 6 heteroatoms. The van der Waals surface area contributed by atoms with Crippen molar-refractivity contribution in [1.29, 1.82) is 0 Å². The Labute approximate surface area is 162 Å². The van der Waals surface area contributed by atoms with Gasteiger partial charge in [0, 0.05) is 5.56 Å². The molecule has 0 spiro atoms. The van der Waals surface area contributed by atoms with Crippen molar-refractivity contribution >= 4 is 10.8 Å². The van der Waals surface area contributed by atoms with Gasteiger partial charge < -0.3 is 29.2 Å². The van der Waals surface area contributed by atoms with Gasteiger partial charge in [0.25, 0.3) is 0 Å². The summed E-state index contributed by atoms with van der Waals surface area (Å²) < 4.78 is 23.0. The highest BCUT2D eigenvalue weighted by Crippen LogP contribution is 2.57. The standard InChI is InChI=1S/C22H22O6/c1-25-16-6-4-5-15-17(16)19(26-2)21(27-3)20-18(15)22(11-23,12-28-20)13-7-9-14(24)10-8-13/h4-10,23-24H,11-12H2,1-3H3/t22-/m1/s1. The van der Waals surface area contributed by atoms with E-state index in [9.17, 15) is 10.2 Å². The zero-order valence-electron chi connectivity index (χ0n) is 16.0. The summed E-state index contributed by atoms with van der Waals surface area (Å²) in [5.41, 5.74) is 0.836. The molecule has 0 saturated carbocycles. The number of rotatable bonds is 5. The van der Waals surface area contributed by atoms with E-state index in [1.54, 1.807) is 45.6 Å². The molecule has 1 aliphatic rings. The minimum atomic E-state index is -0.812. The maximum absolute atomic E-state index is 10.5. The lowest BCUT2D eigenvalue weighted by Gasteiger charge is -2.28. The van der Waals surface area contributed by atoms with Crippen LogP contribution in [0.3, 0.4) is 0 Å². The van der Waals surface area contributed by atoms with Crippen LogP contribution in [0.5, 0.6) is 28.7 Å². The Morgan fingerprint density at radius 1 is 0.964 bits per heavy atom. The van der Waals surface area contributed by atoms with Gasteiger partial charge >= 0.3 is 0 Å². The van der Waals surface area contributed by atoms with Crippen molar-refractivity contribution in [3.05, 3.63) is 53.6 Å². The number of phenols is 1. The van der Waals surface area contributed by atoms with Crippen LogP contribution in [0, 0.1) is 0 Å². The molecule has 0 aromatic heterocycles. The molecular formula is C22H22O6. The number of fused-ring (bicyclic) bond motifs is 3. The summed E-state index contributed by atoms with van der Waals surface area (Å²) in [5.74, 6) is 2.33. The molecule has 0 unspecified atom stereocenters. The summed E-state index contributed by atoms with van der Waals surface area (Å²) in [6.45, 7) is 0.0615. The van der Waals surface area contributed by atoms with E-state index in [1.165, 1.54) is 0 Å². The predicted octanol–water partition coefficient (Wildman–Crippen LogP) is 3.24. The summed E-state index contributed by atoms with van der Waals surface area (Å²) in [5, 5.41) is 21.8. The average Bonchev–Trinajstić information content (AvgIpc) is 3.13. The van der Waals surface area contributed by atoms with Crippen molar-refractivity contribution in [2.75, 3.05) is 34.5 Å². The number of aliphatic hydroxyl groups excluding tert-OH is 1. The third-order valence-electron chi connectivity index (χ3n) is 5.42. The van der Waals surface area contributed by atoms with Crippen LogP contribution in [0.2, 0.25) is 0 Å². The molecule has 2 N–H and O–H groups in total. The van der Waals surface area contributed by atoms with Crippen molar-refractivity contribution in [2.24, 2.45) is 0 Å². The fourth-order valence-electron chi connectivity index (χ4n) is 4.08. The number of hydrogen-bond acceptors (Lipinski definition) is 6. The molecule has 0 aliphatic carbocycles. The normalized spacial score (nSPS) is 17.9. The predicted molar refractivity (Wildman–Crippen MR) is 105 cm³/mol. The first-order valence-corrected chi connectivity index (χ1v) is 8.89. The van der Waals surface area contributed by atoms with Crippen LogP contribution in [0.1, 0.15) is 11.1 Å². The van der Waals surface area contributed by atoms with Gasteiger partial charge in [-0.25, -0.2) is 0 Å². The topological polar surface area (TPSA) is 77.4 Å². The van der Waals surface area contributed by atoms with E-state index in [1.807, 2.05) is 18.2 Å². The Kier molecular flexibility index (Phi) is 4.43. The van der Waals surface area contributed by atoms with E-state index in [-0.39, 0.29) is 19.0 Å². The molecule has 0 radical (unpaired) electrons. The number of ether oxygens (including phenoxy) is 4. The van der Waals surface area contributed by atoms with E-state index in [0.717, 1.165) is 21.9 Å². The molecule has 146 valence electrons. The second kappa shape index (κ2) is 6.80. The first-order chi connectivity index (χ1) is 13.6. The molecule has 1 atom stereocenters. The second-order valence-electron chi connectivity index (χ2n) is 6.73. The third kappa shape index (κ3) is 2.38. The lowest BCUT2D eigenvalue weighted by atomic mass is 9.74. The van der Waals surface area contributed by atoms with Crippen LogP contribution < -0.4 is 18.9 Å². The quantitative estimate of drug-likeness (QED) is 0.705. The highest BCUT2D eigenvalue weighted by Gasteiger charge is 2.46. The molecule has 0 bridgehead atoms. The third-order valence-corrected chi connectivity index (χ3v) is 5.42. The molecule has 3 aromatic carbocycles. The molecule has 1 heterocycles. The Hall–Kier alpha value is -3.12. The minimum absolute atomic E-state index is 0.162. The van der Waals surface area contributed by atoms with E-state index >= 15 is 0 Å². The molecule has 3 aromatic rings. The fourth-order valence-corrected chi connectivity index (χ4v) is 4.08. The highest BCUT2D eigenvalue weighted by molar-refractivity contribution is 6.02. The van der Waals surface area contributed by atoms with Crippen LogP contribution in [-0.2, 0) is 5.41 Å². The van der Waals surface area contributed by atoms with Crippen LogP contribution >= 0.6 is 0 Å². The second-order valence-corrected chi connectivity index (χ2v) is 6.73. The number of methoxy groups -OCH3 is 3. The first-order valence-electron chi connectivity index (χ1n) is 8.89. The molecule has 0 fully saturated rings. The van der Waals surface area contributed by atoms with Crippen molar-refractivity contribution in [2.45, 2.75) is 5.41 Å². The molecule has 0 amide bonds. The molecule has 6 nitrogen and oxygen atoms in total. The minimum Gasteiger partial charge on any atom is -0.508 e. The zero-order valence-corrected chi connectivity index (χ0v) is 16.0. The van der Waals surface area contributed by atoms with E-state index < -0.39 is 5.41 Å². The van der Waals surface area contributed by atoms with Gasteiger partial charge in [0.1, 0.15) is 18.1 Å². The summed E-state index contributed by atoms with van der Waals surface area (Å²) >= 11 is 0. The number of benzene rings is 3. The van der Waals surface area contributed by atoms with Crippen molar-refractivity contribution < 1.29 is 29.2 Å². The summed E-state index contributed by atoms with van der Waals surface area (Å²) in [7, 11) is 4.73. The monoisotopic (exact) mass is 382 g/mol. The Morgan fingerprint density at radius 3 is 2.29 bits per heavy atom. The van der Waals surface area contributed by atoms with Gasteiger partial charge in [-0.1, -0.05) is 24.3 Å². The lowest BCUT2D eigenvalue weighted by molar-refractivity contribution is 0.184. The molecular weight excluding hydrogens is 360 g/mol. The van der Waals surface area contributed by atoms with Gasteiger partial charge in [0.05, 0.1) is 38.7 Å². The Morgan fingerprint density at radius 2 is 1.68 bits per heavy atom. The molecule has 28 heavy (non-hydrogen) atoms. The van der Waals surface area contributed by atoms with Gasteiger partial charge in [-0.05, 0) is 29.1 Å². The fraction of sp³-hybridized carbons (Fsp3) is 0.273. The van der Waals surface area contributed by atoms with Crippen LogP contribution in [0.4, 0.5) is 0 Å². The van der Waals surface area contributed by atoms with E-state index in [2.05, 4.69) is 0 Å².